The van der Waals surface area contributed by atoms with E-state index < -0.39 is 0 Å². The van der Waals surface area contributed by atoms with E-state index in [-0.39, 0.29) is 0 Å². The summed E-state index contributed by atoms with van der Waals surface area (Å²) in [7, 11) is 0. The molecule has 3 heteroatoms. The average Bonchev–Trinajstić information content (AvgIpc) is 2.36. The fourth-order valence-corrected chi connectivity index (χ4v) is 2.54. The molecule has 17 heavy (non-hydrogen) atoms. The highest BCUT2D eigenvalue weighted by molar-refractivity contribution is 4.75. The number of hydrogen-bond acceptors (Lipinski definition) is 3. The Hall–Kier alpha value is -0.590. The first-order valence-electron chi connectivity index (χ1n) is 7.16. The molecule has 1 aliphatic heterocycles. The van der Waals surface area contributed by atoms with Crippen molar-refractivity contribution in [2.75, 3.05) is 32.7 Å². The van der Waals surface area contributed by atoms with Crippen LogP contribution < -0.4 is 5.32 Å². The molecule has 1 saturated heterocycles. The van der Waals surface area contributed by atoms with Gasteiger partial charge in [0.25, 0.3) is 0 Å². The van der Waals surface area contributed by atoms with E-state index in [4.69, 9.17) is 5.26 Å². The van der Waals surface area contributed by atoms with Gasteiger partial charge in [-0.1, -0.05) is 6.92 Å². The molecule has 3 nitrogen and oxygen atoms in total. The highest BCUT2D eigenvalue weighted by Crippen LogP contribution is 2.16. The van der Waals surface area contributed by atoms with Gasteiger partial charge in [-0.2, -0.15) is 5.26 Å². The maximum Gasteiger partial charge on any atom is 0.0621 e. The summed E-state index contributed by atoms with van der Waals surface area (Å²) in [4.78, 5) is 2.58. The minimum absolute atomic E-state index is 0.718. The van der Waals surface area contributed by atoms with Crippen molar-refractivity contribution in [2.45, 2.75) is 45.4 Å². The van der Waals surface area contributed by atoms with Crippen LogP contribution in [0.15, 0.2) is 0 Å². The van der Waals surface area contributed by atoms with Crippen LogP contribution in [0.2, 0.25) is 0 Å². The Morgan fingerprint density at radius 2 is 2.29 bits per heavy atom. The number of nitriles is 1. The highest BCUT2D eigenvalue weighted by atomic mass is 15.1. The van der Waals surface area contributed by atoms with Gasteiger partial charge < -0.3 is 10.2 Å². The van der Waals surface area contributed by atoms with E-state index in [0.717, 1.165) is 25.3 Å². The number of unbranched alkanes of at least 4 members (excludes halogenated alkanes) is 2. The number of piperidine rings is 1. The molecular weight excluding hydrogens is 210 g/mol. The summed E-state index contributed by atoms with van der Waals surface area (Å²) in [5.74, 6) is 0.839. The zero-order valence-corrected chi connectivity index (χ0v) is 11.2. The van der Waals surface area contributed by atoms with Crippen molar-refractivity contribution in [3.63, 3.8) is 0 Å². The molecule has 1 fully saturated rings. The molecule has 0 saturated carbocycles. The Morgan fingerprint density at radius 1 is 1.41 bits per heavy atom. The van der Waals surface area contributed by atoms with Gasteiger partial charge in [-0.3, -0.25) is 0 Å². The van der Waals surface area contributed by atoms with Crippen molar-refractivity contribution in [3.8, 4) is 6.07 Å². The molecule has 0 aromatic rings. The SMILES string of the molecule is CCCNCC1CCCN(CCCCC#N)C1. The second-order valence-corrected chi connectivity index (χ2v) is 5.13. The summed E-state index contributed by atoms with van der Waals surface area (Å²) in [5.41, 5.74) is 0. The van der Waals surface area contributed by atoms with Gasteiger partial charge in [0.15, 0.2) is 0 Å². The molecule has 0 aromatic heterocycles. The summed E-state index contributed by atoms with van der Waals surface area (Å²) < 4.78 is 0. The summed E-state index contributed by atoms with van der Waals surface area (Å²) in [6.07, 6.45) is 6.91. The number of rotatable bonds is 8. The van der Waals surface area contributed by atoms with E-state index in [1.54, 1.807) is 0 Å². The molecule has 0 spiro atoms. The Balaban J connectivity index is 2.08. The van der Waals surface area contributed by atoms with Crippen LogP contribution in [0.1, 0.15) is 45.4 Å². The van der Waals surface area contributed by atoms with Crippen LogP contribution >= 0.6 is 0 Å². The lowest BCUT2D eigenvalue weighted by Gasteiger charge is -2.32. The highest BCUT2D eigenvalue weighted by Gasteiger charge is 2.18. The topological polar surface area (TPSA) is 39.1 Å². The number of nitrogens with one attached hydrogen (secondary N) is 1. The van der Waals surface area contributed by atoms with Crippen molar-refractivity contribution in [2.24, 2.45) is 5.92 Å². The third kappa shape index (κ3) is 6.65. The smallest absolute Gasteiger partial charge is 0.0621 e. The first-order chi connectivity index (χ1) is 8.36. The van der Waals surface area contributed by atoms with E-state index in [2.05, 4.69) is 23.2 Å². The van der Waals surface area contributed by atoms with E-state index in [1.807, 2.05) is 0 Å². The van der Waals surface area contributed by atoms with Gasteiger partial charge in [-0.05, 0) is 64.2 Å². The first-order valence-corrected chi connectivity index (χ1v) is 7.16. The molecule has 1 N–H and O–H groups in total. The van der Waals surface area contributed by atoms with E-state index >= 15 is 0 Å². The zero-order valence-electron chi connectivity index (χ0n) is 11.2. The van der Waals surface area contributed by atoms with Crippen molar-refractivity contribution in [1.82, 2.24) is 10.2 Å². The van der Waals surface area contributed by atoms with Crippen LogP contribution in [0.4, 0.5) is 0 Å². The molecule has 0 aromatic carbocycles. The van der Waals surface area contributed by atoms with Crippen LogP contribution in [0.3, 0.4) is 0 Å². The van der Waals surface area contributed by atoms with Crippen LogP contribution in [0.25, 0.3) is 0 Å². The molecule has 1 atom stereocenters. The minimum atomic E-state index is 0.718. The lowest BCUT2D eigenvalue weighted by molar-refractivity contribution is 0.170. The second kappa shape index (κ2) is 9.44. The van der Waals surface area contributed by atoms with Crippen molar-refractivity contribution in [3.05, 3.63) is 0 Å². The predicted octanol–water partition coefficient (Wildman–Crippen LogP) is 2.39. The van der Waals surface area contributed by atoms with Crippen molar-refractivity contribution < 1.29 is 0 Å². The van der Waals surface area contributed by atoms with Crippen molar-refractivity contribution in [1.29, 1.82) is 5.26 Å². The molecule has 1 aliphatic rings. The van der Waals surface area contributed by atoms with Gasteiger partial charge in [-0.15, -0.1) is 0 Å². The third-order valence-electron chi connectivity index (χ3n) is 3.48. The predicted molar refractivity (Wildman–Crippen MR) is 71.8 cm³/mol. The first kappa shape index (κ1) is 14.5. The largest absolute Gasteiger partial charge is 0.316 e. The number of nitrogens with zero attached hydrogens (tertiary/aromatic N) is 2. The number of hydrogen-bond donors (Lipinski definition) is 1. The monoisotopic (exact) mass is 237 g/mol. The van der Waals surface area contributed by atoms with Gasteiger partial charge in [0.2, 0.25) is 0 Å². The van der Waals surface area contributed by atoms with Gasteiger partial charge in [0, 0.05) is 13.0 Å². The molecule has 98 valence electrons. The normalized spacial score (nSPS) is 21.3. The Labute approximate surface area is 106 Å². The minimum Gasteiger partial charge on any atom is -0.316 e. The quantitative estimate of drug-likeness (QED) is 0.659. The molecule has 1 rings (SSSR count). The maximum absolute atomic E-state index is 8.49. The molecule has 1 unspecified atom stereocenters. The molecule has 1 heterocycles. The van der Waals surface area contributed by atoms with Crippen molar-refractivity contribution >= 4 is 0 Å². The molecule has 0 bridgehead atoms. The molecular formula is C14H27N3. The summed E-state index contributed by atoms with van der Waals surface area (Å²) in [5, 5.41) is 12.0. The van der Waals surface area contributed by atoms with Gasteiger partial charge in [0.1, 0.15) is 0 Å². The van der Waals surface area contributed by atoms with Crippen LogP contribution in [-0.2, 0) is 0 Å². The molecule has 0 aliphatic carbocycles. The third-order valence-corrected chi connectivity index (χ3v) is 3.48. The van der Waals surface area contributed by atoms with Gasteiger partial charge in [-0.25, -0.2) is 0 Å². The number of likely N-dealkylation sites (tertiary alicyclic amines) is 1. The summed E-state index contributed by atoms with van der Waals surface area (Å²) in [6.45, 7) is 8.25. The van der Waals surface area contributed by atoms with Crippen LogP contribution in [0.5, 0.6) is 0 Å². The summed E-state index contributed by atoms with van der Waals surface area (Å²) >= 11 is 0. The van der Waals surface area contributed by atoms with Crippen LogP contribution in [-0.4, -0.2) is 37.6 Å². The van der Waals surface area contributed by atoms with E-state index in [1.165, 1.54) is 51.9 Å². The van der Waals surface area contributed by atoms with Gasteiger partial charge >= 0.3 is 0 Å². The fraction of sp³-hybridized carbons (Fsp3) is 0.929. The maximum atomic E-state index is 8.49. The standard InChI is InChI=1S/C14H27N3/c1-2-9-16-12-14-7-6-11-17(13-14)10-5-3-4-8-15/h14,16H,2-7,9-13H2,1H3. The van der Waals surface area contributed by atoms with Gasteiger partial charge in [0.05, 0.1) is 6.07 Å². The Bertz CT molecular complexity index is 222. The second-order valence-electron chi connectivity index (χ2n) is 5.13. The lowest BCUT2D eigenvalue weighted by atomic mass is 9.97. The molecule has 0 amide bonds. The van der Waals surface area contributed by atoms with E-state index in [9.17, 15) is 0 Å². The Kier molecular flexibility index (Phi) is 8.04. The van der Waals surface area contributed by atoms with Crippen LogP contribution in [0, 0.1) is 17.2 Å². The lowest BCUT2D eigenvalue weighted by Crippen LogP contribution is -2.40. The van der Waals surface area contributed by atoms with E-state index in [0.29, 0.717) is 0 Å². The fourth-order valence-electron chi connectivity index (χ4n) is 2.54. The average molecular weight is 237 g/mol. The molecule has 0 radical (unpaired) electrons. The summed E-state index contributed by atoms with van der Waals surface area (Å²) in [6, 6.07) is 2.22. The zero-order chi connectivity index (χ0) is 12.3. The Morgan fingerprint density at radius 3 is 3.06 bits per heavy atom.